The van der Waals surface area contributed by atoms with Crippen LogP contribution in [0, 0.1) is 5.82 Å². The van der Waals surface area contributed by atoms with Gasteiger partial charge in [0.1, 0.15) is 5.82 Å². The smallest absolute Gasteiger partial charge is 0.388 e. The van der Waals surface area contributed by atoms with E-state index in [9.17, 15) is 22.7 Å². The van der Waals surface area contributed by atoms with E-state index in [1.807, 2.05) is 0 Å². The summed E-state index contributed by atoms with van der Waals surface area (Å²) in [7, 11) is 1.48. The van der Waals surface area contributed by atoms with E-state index in [-0.39, 0.29) is 12.0 Å². The zero-order valence-electron chi connectivity index (χ0n) is 9.80. The van der Waals surface area contributed by atoms with E-state index in [2.05, 4.69) is 0 Å². The second-order valence-corrected chi connectivity index (χ2v) is 3.92. The van der Waals surface area contributed by atoms with Gasteiger partial charge in [0.15, 0.2) is 0 Å². The van der Waals surface area contributed by atoms with Crippen molar-refractivity contribution in [2.45, 2.75) is 25.1 Å². The van der Waals surface area contributed by atoms with Gasteiger partial charge >= 0.3 is 6.18 Å². The molecule has 1 unspecified atom stereocenters. The van der Waals surface area contributed by atoms with Crippen LogP contribution in [0.5, 0.6) is 0 Å². The van der Waals surface area contributed by atoms with Gasteiger partial charge in [0.2, 0.25) is 0 Å². The first kappa shape index (κ1) is 14.9. The Balaban J connectivity index is 2.85. The highest BCUT2D eigenvalue weighted by Crippen LogP contribution is 2.32. The van der Waals surface area contributed by atoms with Crippen molar-refractivity contribution in [3.8, 4) is 0 Å². The number of hydrogen-bond donors (Lipinski definition) is 1. The molecule has 0 heterocycles. The summed E-state index contributed by atoms with van der Waals surface area (Å²) in [6.07, 6.45) is -5.05. The molecule has 2 nitrogen and oxygen atoms in total. The molecule has 18 heavy (non-hydrogen) atoms. The van der Waals surface area contributed by atoms with Crippen LogP contribution in [0.4, 0.5) is 17.6 Å². The number of benzene rings is 1. The quantitative estimate of drug-likeness (QED) is 0.654. The summed E-state index contributed by atoms with van der Waals surface area (Å²) in [5.74, 6) is -1.01. The third-order valence-electron chi connectivity index (χ3n) is 2.46. The molecule has 0 saturated heterocycles. The molecule has 102 valence electrons. The molecule has 0 aliphatic rings. The van der Waals surface area contributed by atoms with Gasteiger partial charge in [0, 0.05) is 13.7 Å². The van der Waals surface area contributed by atoms with Gasteiger partial charge in [-0.1, -0.05) is 0 Å². The zero-order valence-corrected chi connectivity index (χ0v) is 9.80. The molecule has 1 aromatic carbocycles. The predicted molar refractivity (Wildman–Crippen MR) is 57.5 cm³/mol. The van der Waals surface area contributed by atoms with Crippen molar-refractivity contribution >= 4 is 0 Å². The molecular weight excluding hydrogens is 252 g/mol. The highest BCUT2D eigenvalue weighted by molar-refractivity contribution is 5.28. The van der Waals surface area contributed by atoms with Crippen molar-refractivity contribution in [3.05, 3.63) is 35.1 Å². The lowest BCUT2D eigenvalue weighted by Crippen LogP contribution is -2.08. The van der Waals surface area contributed by atoms with E-state index in [0.717, 1.165) is 12.1 Å². The number of aliphatic hydroxyl groups is 1. The van der Waals surface area contributed by atoms with Crippen molar-refractivity contribution in [1.82, 2.24) is 0 Å². The molecule has 0 spiro atoms. The van der Waals surface area contributed by atoms with Gasteiger partial charge in [-0.3, -0.25) is 0 Å². The molecule has 0 radical (unpaired) electrons. The number of ether oxygens (including phenoxy) is 1. The first-order valence-electron chi connectivity index (χ1n) is 5.39. The molecule has 0 fully saturated rings. The number of rotatable bonds is 5. The Labute approximate surface area is 102 Å². The summed E-state index contributed by atoms with van der Waals surface area (Å²) in [5.41, 5.74) is -1.17. The van der Waals surface area contributed by atoms with Gasteiger partial charge in [-0.25, -0.2) is 4.39 Å². The average molecular weight is 266 g/mol. The number of methoxy groups -OCH3 is 1. The van der Waals surface area contributed by atoms with Gasteiger partial charge in [0.05, 0.1) is 11.7 Å². The first-order valence-corrected chi connectivity index (χ1v) is 5.39. The fraction of sp³-hybridized carbons (Fsp3) is 0.500. The molecule has 0 saturated carbocycles. The highest BCUT2D eigenvalue weighted by atomic mass is 19.4. The lowest BCUT2D eigenvalue weighted by molar-refractivity contribution is -0.137. The SMILES string of the molecule is COCCCC(O)c1cc(F)cc(C(F)(F)F)c1. The Kier molecular flexibility index (Phi) is 5.10. The summed E-state index contributed by atoms with van der Waals surface area (Å²) in [6.45, 7) is 0.387. The van der Waals surface area contributed by atoms with Gasteiger partial charge in [-0.05, 0) is 36.6 Å². The van der Waals surface area contributed by atoms with Crippen LogP contribution in [0.25, 0.3) is 0 Å². The fourth-order valence-electron chi connectivity index (χ4n) is 1.56. The fourth-order valence-corrected chi connectivity index (χ4v) is 1.56. The molecule has 1 aromatic rings. The maximum Gasteiger partial charge on any atom is 0.416 e. The third kappa shape index (κ3) is 4.27. The van der Waals surface area contributed by atoms with Crippen molar-refractivity contribution in [2.24, 2.45) is 0 Å². The van der Waals surface area contributed by atoms with Crippen LogP contribution >= 0.6 is 0 Å². The molecule has 0 aromatic heterocycles. The zero-order chi connectivity index (χ0) is 13.8. The van der Waals surface area contributed by atoms with E-state index >= 15 is 0 Å². The first-order chi connectivity index (χ1) is 8.34. The summed E-state index contributed by atoms with van der Waals surface area (Å²) < 4.78 is 55.2. The topological polar surface area (TPSA) is 29.5 Å². The minimum Gasteiger partial charge on any atom is -0.388 e. The Morgan fingerprint density at radius 1 is 1.28 bits per heavy atom. The monoisotopic (exact) mass is 266 g/mol. The van der Waals surface area contributed by atoms with Crippen LogP contribution in [0.15, 0.2) is 18.2 Å². The van der Waals surface area contributed by atoms with Crippen LogP contribution in [0.1, 0.15) is 30.1 Å². The lowest BCUT2D eigenvalue weighted by atomic mass is 10.0. The Hall–Kier alpha value is -1.14. The molecule has 0 aliphatic heterocycles. The predicted octanol–water partition coefficient (Wildman–Crippen LogP) is 3.30. The second kappa shape index (κ2) is 6.15. The second-order valence-electron chi connectivity index (χ2n) is 3.92. The summed E-state index contributed by atoms with van der Waals surface area (Å²) in [4.78, 5) is 0. The summed E-state index contributed by atoms with van der Waals surface area (Å²) in [6, 6.07) is 2.08. The Morgan fingerprint density at radius 3 is 2.50 bits per heavy atom. The van der Waals surface area contributed by atoms with Crippen molar-refractivity contribution in [1.29, 1.82) is 0 Å². The van der Waals surface area contributed by atoms with Gasteiger partial charge in [-0.15, -0.1) is 0 Å². The van der Waals surface area contributed by atoms with E-state index in [0.29, 0.717) is 19.1 Å². The van der Waals surface area contributed by atoms with Crippen LogP contribution < -0.4 is 0 Å². The average Bonchev–Trinajstić information content (AvgIpc) is 2.27. The van der Waals surface area contributed by atoms with E-state index in [4.69, 9.17) is 4.74 Å². The Morgan fingerprint density at radius 2 is 1.94 bits per heavy atom. The molecule has 0 bridgehead atoms. The highest BCUT2D eigenvalue weighted by Gasteiger charge is 2.31. The largest absolute Gasteiger partial charge is 0.416 e. The van der Waals surface area contributed by atoms with Crippen LogP contribution in [-0.2, 0) is 10.9 Å². The lowest BCUT2D eigenvalue weighted by Gasteiger charge is -2.14. The molecular formula is C12H14F4O2. The van der Waals surface area contributed by atoms with Crippen LogP contribution in [0.2, 0.25) is 0 Å². The maximum atomic E-state index is 13.1. The normalized spacial score (nSPS) is 13.7. The number of aliphatic hydroxyl groups excluding tert-OH is 1. The van der Waals surface area contributed by atoms with Gasteiger partial charge in [-0.2, -0.15) is 13.2 Å². The van der Waals surface area contributed by atoms with Crippen LogP contribution in [0.3, 0.4) is 0 Å². The van der Waals surface area contributed by atoms with Crippen LogP contribution in [-0.4, -0.2) is 18.8 Å². The summed E-state index contributed by atoms with van der Waals surface area (Å²) >= 11 is 0. The number of hydrogen-bond acceptors (Lipinski definition) is 2. The molecule has 1 atom stereocenters. The molecule has 1 N–H and O–H groups in total. The van der Waals surface area contributed by atoms with Crippen molar-refractivity contribution in [3.63, 3.8) is 0 Å². The van der Waals surface area contributed by atoms with E-state index in [1.165, 1.54) is 7.11 Å². The number of halogens is 4. The molecule has 1 rings (SSSR count). The standard InChI is InChI=1S/C12H14F4O2/c1-18-4-2-3-11(17)8-5-9(12(14,15)16)7-10(13)6-8/h5-7,11,17H,2-4H2,1H3. The van der Waals surface area contributed by atoms with Gasteiger partial charge in [0.25, 0.3) is 0 Å². The molecule has 6 heteroatoms. The maximum absolute atomic E-state index is 13.1. The molecule has 0 aliphatic carbocycles. The minimum absolute atomic E-state index is 0.0709. The van der Waals surface area contributed by atoms with Crippen molar-refractivity contribution in [2.75, 3.05) is 13.7 Å². The minimum atomic E-state index is -4.62. The third-order valence-corrected chi connectivity index (χ3v) is 2.46. The van der Waals surface area contributed by atoms with Crippen molar-refractivity contribution < 1.29 is 27.4 Å². The van der Waals surface area contributed by atoms with E-state index in [1.54, 1.807) is 0 Å². The Bertz CT molecular complexity index is 390. The summed E-state index contributed by atoms with van der Waals surface area (Å²) in [5, 5.41) is 9.67. The van der Waals surface area contributed by atoms with Gasteiger partial charge < -0.3 is 9.84 Å². The van der Waals surface area contributed by atoms with E-state index < -0.39 is 23.7 Å². The number of alkyl halides is 3. The molecule has 0 amide bonds.